The fourth-order valence-electron chi connectivity index (χ4n) is 3.24. The van der Waals surface area contributed by atoms with Crippen LogP contribution in [0.4, 0.5) is 5.69 Å². The molecule has 0 amide bonds. The molecule has 3 aromatic carbocycles. The van der Waals surface area contributed by atoms with Gasteiger partial charge in [-0.15, -0.1) is 0 Å². The molecule has 0 saturated heterocycles. The van der Waals surface area contributed by atoms with E-state index in [4.69, 9.17) is 20.6 Å². The van der Waals surface area contributed by atoms with E-state index in [1.807, 2.05) is 62.4 Å². The number of hydrogen-bond donors (Lipinski definition) is 1. The number of benzene rings is 3. The summed E-state index contributed by atoms with van der Waals surface area (Å²) in [5, 5.41) is 0. The Bertz CT molecular complexity index is 987. The maximum absolute atomic E-state index is 6.44. The summed E-state index contributed by atoms with van der Waals surface area (Å²) in [6.45, 7) is 4.01. The van der Waals surface area contributed by atoms with Crippen molar-refractivity contribution in [3.05, 3.63) is 71.8 Å². The zero-order valence-electron chi connectivity index (χ0n) is 14.4. The van der Waals surface area contributed by atoms with Crippen molar-refractivity contribution in [2.75, 3.05) is 5.73 Å². The first kappa shape index (κ1) is 15.5. The molecule has 5 nitrogen and oxygen atoms in total. The summed E-state index contributed by atoms with van der Waals surface area (Å²) in [7, 11) is 0. The summed E-state index contributed by atoms with van der Waals surface area (Å²) >= 11 is -4.83. The van der Waals surface area contributed by atoms with Crippen molar-refractivity contribution in [2.45, 2.75) is 13.8 Å². The Kier molecular flexibility index (Phi) is 2.91. The summed E-state index contributed by atoms with van der Waals surface area (Å²) in [6, 6.07) is 18.9. The Hall–Kier alpha value is -2.78. The summed E-state index contributed by atoms with van der Waals surface area (Å²) in [5.74, 6) is 2.53. The van der Waals surface area contributed by atoms with Crippen LogP contribution in [-0.4, -0.2) is 13.8 Å². The van der Waals surface area contributed by atoms with Crippen LogP contribution in [0.1, 0.15) is 11.1 Å². The van der Waals surface area contributed by atoms with Gasteiger partial charge < -0.3 is 0 Å². The van der Waals surface area contributed by atoms with E-state index >= 15 is 0 Å². The quantitative estimate of drug-likeness (QED) is 0.491. The first-order valence-electron chi connectivity index (χ1n) is 8.36. The van der Waals surface area contributed by atoms with Crippen LogP contribution in [0.25, 0.3) is 0 Å². The molecule has 2 aliphatic heterocycles. The Morgan fingerprint density at radius 3 is 1.58 bits per heavy atom. The van der Waals surface area contributed by atoms with Gasteiger partial charge >= 0.3 is 153 Å². The fraction of sp³-hybridized carbons (Fsp3) is 0.100. The summed E-state index contributed by atoms with van der Waals surface area (Å²) in [4.78, 5) is 0. The van der Waals surface area contributed by atoms with Gasteiger partial charge in [0.2, 0.25) is 0 Å². The molecule has 5 rings (SSSR count). The molecule has 2 aliphatic rings. The molecular formula is C20H18AsNO4. The molecule has 1 spiro atoms. The van der Waals surface area contributed by atoms with E-state index in [1.54, 1.807) is 12.1 Å². The van der Waals surface area contributed by atoms with Gasteiger partial charge in [-0.25, -0.2) is 0 Å². The Morgan fingerprint density at radius 2 is 1.08 bits per heavy atom. The molecule has 0 saturated carbocycles. The number of anilines is 1. The van der Waals surface area contributed by atoms with Crippen molar-refractivity contribution < 1.29 is 14.9 Å². The van der Waals surface area contributed by atoms with Gasteiger partial charge in [0.05, 0.1) is 0 Å². The van der Waals surface area contributed by atoms with Crippen LogP contribution < -0.4 is 25.0 Å². The number of nitrogens with two attached hydrogens (primary N) is 1. The van der Waals surface area contributed by atoms with E-state index < -0.39 is 13.8 Å². The van der Waals surface area contributed by atoms with Crippen molar-refractivity contribution in [3.8, 4) is 23.0 Å². The predicted octanol–water partition coefficient (Wildman–Crippen LogP) is 3.43. The molecule has 26 heavy (non-hydrogen) atoms. The molecule has 2 heterocycles. The van der Waals surface area contributed by atoms with Crippen LogP contribution in [0.3, 0.4) is 0 Å². The van der Waals surface area contributed by atoms with Crippen LogP contribution in [0, 0.1) is 13.8 Å². The normalized spacial score (nSPS) is 19.1. The molecule has 0 fully saturated rings. The Labute approximate surface area is 153 Å². The van der Waals surface area contributed by atoms with Gasteiger partial charge in [0.1, 0.15) is 0 Å². The van der Waals surface area contributed by atoms with Crippen LogP contribution in [0.2, 0.25) is 0 Å². The van der Waals surface area contributed by atoms with Crippen molar-refractivity contribution in [2.24, 2.45) is 0 Å². The first-order chi connectivity index (χ1) is 12.5. The third-order valence-electron chi connectivity index (χ3n) is 4.54. The van der Waals surface area contributed by atoms with Gasteiger partial charge in [-0.1, -0.05) is 0 Å². The van der Waals surface area contributed by atoms with E-state index in [1.165, 1.54) is 0 Å². The van der Waals surface area contributed by atoms with E-state index in [9.17, 15) is 0 Å². The zero-order valence-corrected chi connectivity index (χ0v) is 16.3. The first-order valence-corrected chi connectivity index (χ1v) is 12.4. The van der Waals surface area contributed by atoms with Gasteiger partial charge in [-0.2, -0.15) is 0 Å². The van der Waals surface area contributed by atoms with Crippen LogP contribution in [-0.2, 0) is 0 Å². The second-order valence-corrected chi connectivity index (χ2v) is 12.7. The number of hydrogen-bond acceptors (Lipinski definition) is 5. The number of rotatable bonds is 1. The van der Waals surface area contributed by atoms with Crippen LogP contribution in [0.5, 0.6) is 23.0 Å². The molecular weight excluding hydrogens is 393 g/mol. The van der Waals surface area contributed by atoms with Crippen LogP contribution >= 0.6 is 0 Å². The predicted molar refractivity (Wildman–Crippen MR) is 101 cm³/mol. The van der Waals surface area contributed by atoms with E-state index in [0.717, 1.165) is 15.5 Å². The number of fused-ring (bicyclic) bond motifs is 2. The molecule has 3 aromatic rings. The molecule has 0 unspecified atom stereocenters. The Balaban J connectivity index is 1.73. The standard InChI is InChI=1S/C20H18AsNO4/c1-13-3-9-17-19(11-13)25-21(23-17,15-5-7-16(22)8-6-15)24-18-10-4-14(2)12-20(18)26-21/h3-12H,22H2,1-2H3. The minimum absolute atomic E-state index is 0.628. The number of aryl methyl sites for hydroxylation is 2. The van der Waals surface area contributed by atoms with Crippen molar-refractivity contribution in [1.29, 1.82) is 0 Å². The van der Waals surface area contributed by atoms with Gasteiger partial charge in [0.15, 0.2) is 0 Å². The van der Waals surface area contributed by atoms with E-state index in [-0.39, 0.29) is 0 Å². The third kappa shape index (κ3) is 2.04. The average Bonchev–Trinajstić information content (AvgIpc) is 3.10. The van der Waals surface area contributed by atoms with Gasteiger partial charge in [-0.3, -0.25) is 0 Å². The molecule has 6 heteroatoms. The van der Waals surface area contributed by atoms with E-state index in [0.29, 0.717) is 28.7 Å². The number of nitrogen functional groups attached to an aromatic ring is 1. The second-order valence-electron chi connectivity index (χ2n) is 6.67. The van der Waals surface area contributed by atoms with Gasteiger partial charge in [0.25, 0.3) is 0 Å². The van der Waals surface area contributed by atoms with Gasteiger partial charge in [0, 0.05) is 0 Å². The van der Waals surface area contributed by atoms with Crippen molar-refractivity contribution >= 4 is 23.9 Å². The summed E-state index contributed by atoms with van der Waals surface area (Å²) in [6.07, 6.45) is 0. The van der Waals surface area contributed by atoms with Crippen molar-refractivity contribution in [1.82, 2.24) is 0 Å². The summed E-state index contributed by atoms with van der Waals surface area (Å²) < 4.78 is 26.5. The molecule has 132 valence electrons. The summed E-state index contributed by atoms with van der Waals surface area (Å²) in [5.41, 5.74) is 8.67. The van der Waals surface area contributed by atoms with Crippen LogP contribution in [0.15, 0.2) is 60.7 Å². The molecule has 0 bridgehead atoms. The molecule has 0 aliphatic carbocycles. The molecule has 0 radical (unpaired) electrons. The molecule has 2 N–H and O–H groups in total. The maximum atomic E-state index is 6.44. The van der Waals surface area contributed by atoms with Gasteiger partial charge in [-0.05, 0) is 0 Å². The fourth-order valence-corrected chi connectivity index (χ4v) is 10.0. The zero-order chi connectivity index (χ0) is 18.0. The molecule has 0 aromatic heterocycles. The molecule has 0 atom stereocenters. The topological polar surface area (TPSA) is 62.9 Å². The monoisotopic (exact) mass is 411 g/mol. The second kappa shape index (κ2) is 4.89. The average molecular weight is 411 g/mol. The Morgan fingerprint density at radius 1 is 0.615 bits per heavy atom. The third-order valence-corrected chi connectivity index (χ3v) is 11.2. The van der Waals surface area contributed by atoms with Crippen molar-refractivity contribution in [3.63, 3.8) is 0 Å². The van der Waals surface area contributed by atoms with E-state index in [2.05, 4.69) is 0 Å². The SMILES string of the molecule is Cc1ccc2c(c1)O[As]1(c3ccc(N)cc3)(O2)Oc2ccc(C)cc2O1. The minimum atomic E-state index is -4.83.